The van der Waals surface area contributed by atoms with E-state index in [1.54, 1.807) is 6.92 Å². The van der Waals surface area contributed by atoms with Crippen molar-refractivity contribution in [2.45, 2.75) is 19.9 Å². The van der Waals surface area contributed by atoms with Gasteiger partial charge in [0.05, 0.1) is 4.92 Å². The van der Waals surface area contributed by atoms with Crippen molar-refractivity contribution < 1.29 is 14.5 Å². The first-order valence-electron chi connectivity index (χ1n) is 5.22. The minimum Gasteiger partial charge on any atom is -0.345 e. The van der Waals surface area contributed by atoms with E-state index in [-0.39, 0.29) is 17.5 Å². The highest BCUT2D eigenvalue weighted by molar-refractivity contribution is 5.96. The number of nitro groups is 1. The van der Waals surface area contributed by atoms with Gasteiger partial charge in [-0.05, 0) is 19.1 Å². The highest BCUT2D eigenvalue weighted by Gasteiger charge is 2.14. The molecule has 96 valence electrons. The van der Waals surface area contributed by atoms with Gasteiger partial charge in [-0.1, -0.05) is 0 Å². The molecule has 0 unspecified atom stereocenters. The summed E-state index contributed by atoms with van der Waals surface area (Å²) in [5, 5.41) is 15.4. The van der Waals surface area contributed by atoms with Gasteiger partial charge >= 0.3 is 0 Å². The first-order valence-corrected chi connectivity index (χ1v) is 5.22. The van der Waals surface area contributed by atoms with Crippen LogP contribution < -0.4 is 10.6 Å². The van der Waals surface area contributed by atoms with Gasteiger partial charge in [-0.3, -0.25) is 19.7 Å². The lowest BCUT2D eigenvalue weighted by molar-refractivity contribution is -0.384. The van der Waals surface area contributed by atoms with Crippen LogP contribution in [0, 0.1) is 10.1 Å². The van der Waals surface area contributed by atoms with E-state index < -0.39 is 11.0 Å². The van der Waals surface area contributed by atoms with Crippen LogP contribution in [0.2, 0.25) is 0 Å². The molecule has 0 aliphatic rings. The summed E-state index contributed by atoms with van der Waals surface area (Å²) < 4.78 is 0. The van der Waals surface area contributed by atoms with Crippen LogP contribution in [0.3, 0.4) is 0 Å². The van der Waals surface area contributed by atoms with Crippen molar-refractivity contribution in [2.75, 3.05) is 5.32 Å². The van der Waals surface area contributed by atoms with Crippen LogP contribution in [0.1, 0.15) is 13.8 Å². The lowest BCUT2D eigenvalue weighted by atomic mass is 10.2. The van der Waals surface area contributed by atoms with Crippen molar-refractivity contribution >= 4 is 23.2 Å². The normalized spacial score (nSPS) is 11.4. The van der Waals surface area contributed by atoms with Crippen LogP contribution in [0.5, 0.6) is 0 Å². The van der Waals surface area contributed by atoms with E-state index in [2.05, 4.69) is 10.6 Å². The maximum absolute atomic E-state index is 11.6. The predicted molar refractivity (Wildman–Crippen MR) is 65.0 cm³/mol. The van der Waals surface area contributed by atoms with Crippen LogP contribution in [0.15, 0.2) is 24.3 Å². The van der Waals surface area contributed by atoms with Crippen molar-refractivity contribution in [1.29, 1.82) is 0 Å². The summed E-state index contributed by atoms with van der Waals surface area (Å²) in [6.45, 7) is 2.86. The molecule has 0 spiro atoms. The summed E-state index contributed by atoms with van der Waals surface area (Å²) in [5.74, 6) is -0.694. The smallest absolute Gasteiger partial charge is 0.269 e. The Balaban J connectivity index is 2.64. The topological polar surface area (TPSA) is 101 Å². The van der Waals surface area contributed by atoms with Gasteiger partial charge in [-0.2, -0.15) is 0 Å². The second kappa shape index (κ2) is 5.76. The van der Waals surface area contributed by atoms with E-state index in [0.29, 0.717) is 5.69 Å². The van der Waals surface area contributed by atoms with Crippen LogP contribution in [0.25, 0.3) is 0 Å². The number of benzene rings is 1. The van der Waals surface area contributed by atoms with Crippen molar-refractivity contribution in [3.8, 4) is 0 Å². The second-order valence-electron chi connectivity index (χ2n) is 3.72. The molecule has 0 aliphatic heterocycles. The molecule has 0 heterocycles. The number of carbonyl (C=O) groups excluding carboxylic acids is 2. The van der Waals surface area contributed by atoms with Gasteiger partial charge < -0.3 is 10.6 Å². The van der Waals surface area contributed by atoms with E-state index >= 15 is 0 Å². The Morgan fingerprint density at radius 3 is 2.28 bits per heavy atom. The third kappa shape index (κ3) is 3.85. The van der Waals surface area contributed by atoms with E-state index in [1.807, 2.05) is 0 Å². The van der Waals surface area contributed by atoms with Gasteiger partial charge in [-0.15, -0.1) is 0 Å². The van der Waals surface area contributed by atoms with Crippen molar-refractivity contribution in [1.82, 2.24) is 5.32 Å². The molecule has 1 rings (SSSR count). The fourth-order valence-electron chi connectivity index (χ4n) is 1.29. The van der Waals surface area contributed by atoms with Gasteiger partial charge in [0.1, 0.15) is 6.04 Å². The van der Waals surface area contributed by atoms with E-state index in [1.165, 1.54) is 31.2 Å². The fourth-order valence-corrected chi connectivity index (χ4v) is 1.29. The number of non-ortho nitro benzene ring substituents is 1. The zero-order valence-corrected chi connectivity index (χ0v) is 9.97. The molecule has 1 aromatic rings. The molecular weight excluding hydrogens is 238 g/mol. The predicted octanol–water partition coefficient (Wildman–Crippen LogP) is 1.06. The van der Waals surface area contributed by atoms with Crippen LogP contribution in [-0.2, 0) is 9.59 Å². The van der Waals surface area contributed by atoms with E-state index in [4.69, 9.17) is 0 Å². The van der Waals surface area contributed by atoms with E-state index in [0.717, 1.165) is 0 Å². The first-order chi connectivity index (χ1) is 8.40. The lowest BCUT2D eigenvalue weighted by Crippen LogP contribution is -2.40. The third-order valence-electron chi connectivity index (χ3n) is 2.16. The maximum Gasteiger partial charge on any atom is 0.269 e. The van der Waals surface area contributed by atoms with Crippen molar-refractivity contribution in [2.24, 2.45) is 0 Å². The molecule has 0 saturated carbocycles. The second-order valence-corrected chi connectivity index (χ2v) is 3.72. The van der Waals surface area contributed by atoms with Crippen molar-refractivity contribution in [3.63, 3.8) is 0 Å². The van der Waals surface area contributed by atoms with Gasteiger partial charge in [0.25, 0.3) is 5.69 Å². The molecule has 1 atom stereocenters. The Bertz CT molecular complexity index is 470. The monoisotopic (exact) mass is 251 g/mol. The molecule has 7 nitrogen and oxygen atoms in total. The fraction of sp³-hybridized carbons (Fsp3) is 0.273. The molecule has 2 N–H and O–H groups in total. The van der Waals surface area contributed by atoms with Gasteiger partial charge in [0.2, 0.25) is 11.8 Å². The standard InChI is InChI=1S/C11H13N3O4/c1-7(12-8(2)15)11(16)13-9-3-5-10(6-4-9)14(17)18/h3-7H,1-2H3,(H,12,15)(H,13,16)/t7-/m0/s1. The number of nitro benzene ring substituents is 1. The molecular formula is C11H13N3O4. The molecule has 7 heteroatoms. The van der Waals surface area contributed by atoms with Gasteiger partial charge in [-0.25, -0.2) is 0 Å². The molecule has 18 heavy (non-hydrogen) atoms. The molecule has 0 radical (unpaired) electrons. The van der Waals surface area contributed by atoms with Gasteiger partial charge in [0, 0.05) is 24.7 Å². The third-order valence-corrected chi connectivity index (χ3v) is 2.16. The summed E-state index contributed by atoms with van der Waals surface area (Å²) in [5.41, 5.74) is 0.380. The zero-order valence-electron chi connectivity index (χ0n) is 9.97. The number of hydrogen-bond acceptors (Lipinski definition) is 4. The molecule has 0 fully saturated rings. The van der Waals surface area contributed by atoms with Crippen LogP contribution >= 0.6 is 0 Å². The first kappa shape index (κ1) is 13.6. The highest BCUT2D eigenvalue weighted by Crippen LogP contribution is 2.15. The Morgan fingerprint density at radius 2 is 1.83 bits per heavy atom. The summed E-state index contributed by atoms with van der Waals surface area (Å²) in [4.78, 5) is 32.3. The number of hydrogen-bond donors (Lipinski definition) is 2. The average Bonchev–Trinajstić information content (AvgIpc) is 2.28. The summed E-state index contributed by atoms with van der Waals surface area (Å²) >= 11 is 0. The summed E-state index contributed by atoms with van der Waals surface area (Å²) in [6.07, 6.45) is 0. The minimum atomic E-state index is -0.669. The Labute approximate surface area is 103 Å². The molecule has 0 aromatic heterocycles. The SMILES string of the molecule is CC(=O)N[C@@H](C)C(=O)Nc1ccc([N+](=O)[O-])cc1. The molecule has 0 saturated heterocycles. The van der Waals surface area contributed by atoms with Crippen molar-refractivity contribution in [3.05, 3.63) is 34.4 Å². The maximum atomic E-state index is 11.6. The highest BCUT2D eigenvalue weighted by atomic mass is 16.6. The van der Waals surface area contributed by atoms with E-state index in [9.17, 15) is 19.7 Å². The molecule has 0 bridgehead atoms. The van der Waals surface area contributed by atoms with Gasteiger partial charge in [0.15, 0.2) is 0 Å². The van der Waals surface area contributed by atoms with Crippen LogP contribution in [0.4, 0.5) is 11.4 Å². The quantitative estimate of drug-likeness (QED) is 0.617. The number of amides is 2. The Morgan fingerprint density at radius 1 is 1.28 bits per heavy atom. The molecule has 1 aromatic carbocycles. The Kier molecular flexibility index (Phi) is 4.36. The minimum absolute atomic E-state index is 0.0529. The summed E-state index contributed by atoms with van der Waals surface area (Å²) in [7, 11) is 0. The zero-order chi connectivity index (χ0) is 13.7. The average molecular weight is 251 g/mol. The summed E-state index contributed by atoms with van der Waals surface area (Å²) in [6, 6.07) is 4.77. The largest absolute Gasteiger partial charge is 0.345 e. The van der Waals surface area contributed by atoms with Crippen LogP contribution in [-0.4, -0.2) is 22.8 Å². The Hall–Kier alpha value is -2.44. The molecule has 2 amide bonds. The lowest BCUT2D eigenvalue weighted by Gasteiger charge is -2.12. The number of nitrogens with one attached hydrogen (secondary N) is 2. The number of rotatable bonds is 4. The number of nitrogens with zero attached hydrogens (tertiary/aromatic N) is 1. The number of carbonyl (C=O) groups is 2. The molecule has 0 aliphatic carbocycles. The number of anilines is 1.